The second-order valence-corrected chi connectivity index (χ2v) is 8.63. The maximum absolute atomic E-state index is 12.7. The Hall–Kier alpha value is -2.64. The van der Waals surface area contributed by atoms with Crippen molar-refractivity contribution in [3.05, 3.63) is 23.9 Å². The van der Waals surface area contributed by atoms with Gasteiger partial charge < -0.3 is 15.4 Å². The van der Waals surface area contributed by atoms with Gasteiger partial charge in [0.15, 0.2) is 0 Å². The van der Waals surface area contributed by atoms with Crippen LogP contribution in [0.2, 0.25) is 0 Å². The van der Waals surface area contributed by atoms with E-state index in [4.69, 9.17) is 10.5 Å². The Kier molecular flexibility index (Phi) is 3.86. The molecule has 8 heteroatoms. The molecule has 1 atom stereocenters. The summed E-state index contributed by atoms with van der Waals surface area (Å²) < 4.78 is 5.89. The van der Waals surface area contributed by atoms with Crippen LogP contribution in [0.15, 0.2) is 18.3 Å². The summed E-state index contributed by atoms with van der Waals surface area (Å²) >= 11 is 0. The van der Waals surface area contributed by atoms with Gasteiger partial charge in [0.05, 0.1) is 0 Å². The highest BCUT2D eigenvalue weighted by molar-refractivity contribution is 6.04. The van der Waals surface area contributed by atoms with Crippen LogP contribution in [0.5, 0.6) is 5.88 Å². The molecule has 1 unspecified atom stereocenters. The van der Waals surface area contributed by atoms with Gasteiger partial charge >= 0.3 is 6.03 Å². The standard InChI is InChI=1S/C20H24N4O4/c21-16(25)14-4-3-6-22-17(14)28-13-10-20(11-13)8-12(9-20)24-18(26)15-5-1-2-7-23(15)19(24)27/h3-4,6,12-13,15H,1-2,5,7-11H2,(H2,21,25)/t12-,13-,15?,20?. The number of fused-ring (bicyclic) bond motifs is 1. The summed E-state index contributed by atoms with van der Waals surface area (Å²) in [5.41, 5.74) is 5.80. The average molecular weight is 384 g/mol. The first-order valence-corrected chi connectivity index (χ1v) is 10.0. The van der Waals surface area contributed by atoms with Crippen LogP contribution in [0.4, 0.5) is 4.79 Å². The fourth-order valence-corrected chi connectivity index (χ4v) is 5.42. The molecule has 148 valence electrons. The minimum atomic E-state index is -0.552. The first kappa shape index (κ1) is 17.5. The Bertz CT molecular complexity index is 818. The monoisotopic (exact) mass is 384 g/mol. The van der Waals surface area contributed by atoms with Crippen molar-refractivity contribution in [1.82, 2.24) is 14.8 Å². The van der Waals surface area contributed by atoms with Crippen LogP contribution in [-0.2, 0) is 4.79 Å². The van der Waals surface area contributed by atoms with E-state index in [1.807, 2.05) is 0 Å². The van der Waals surface area contributed by atoms with Crippen LogP contribution >= 0.6 is 0 Å². The normalized spacial score (nSPS) is 34.1. The van der Waals surface area contributed by atoms with E-state index < -0.39 is 5.91 Å². The number of primary amides is 1. The topological polar surface area (TPSA) is 106 Å². The van der Waals surface area contributed by atoms with Gasteiger partial charge in [-0.15, -0.1) is 0 Å². The number of amides is 4. The molecule has 1 spiro atoms. The van der Waals surface area contributed by atoms with Gasteiger partial charge in [-0.05, 0) is 62.5 Å². The van der Waals surface area contributed by atoms with Gasteiger partial charge in [-0.1, -0.05) is 0 Å². The predicted octanol–water partition coefficient (Wildman–Crippen LogP) is 1.69. The van der Waals surface area contributed by atoms with Crippen molar-refractivity contribution >= 4 is 17.8 Å². The summed E-state index contributed by atoms with van der Waals surface area (Å²) in [6.45, 7) is 0.700. The van der Waals surface area contributed by atoms with E-state index in [0.717, 1.165) is 44.9 Å². The number of carbonyl (C=O) groups excluding carboxylic acids is 3. The average Bonchev–Trinajstić information content (AvgIpc) is 2.88. The molecule has 0 aromatic carbocycles. The number of rotatable bonds is 4. The summed E-state index contributed by atoms with van der Waals surface area (Å²) in [7, 11) is 0. The molecule has 2 aliphatic heterocycles. The number of piperidine rings is 1. The van der Waals surface area contributed by atoms with E-state index in [2.05, 4.69) is 4.98 Å². The number of ether oxygens (including phenoxy) is 1. The maximum atomic E-state index is 12.7. The van der Waals surface area contributed by atoms with Gasteiger partial charge in [0, 0.05) is 18.8 Å². The third kappa shape index (κ3) is 2.57. The number of hydrogen-bond donors (Lipinski definition) is 1. The Labute approximate surface area is 163 Å². The Morgan fingerprint density at radius 1 is 1.21 bits per heavy atom. The first-order chi connectivity index (χ1) is 13.5. The molecule has 28 heavy (non-hydrogen) atoms. The predicted molar refractivity (Wildman–Crippen MR) is 98.4 cm³/mol. The number of pyridine rings is 1. The molecule has 3 heterocycles. The zero-order chi connectivity index (χ0) is 19.5. The number of imide groups is 1. The van der Waals surface area contributed by atoms with Gasteiger partial charge in [0.1, 0.15) is 17.7 Å². The smallest absolute Gasteiger partial charge is 0.327 e. The van der Waals surface area contributed by atoms with Crippen molar-refractivity contribution in [3.8, 4) is 5.88 Å². The van der Waals surface area contributed by atoms with Crippen LogP contribution < -0.4 is 10.5 Å². The van der Waals surface area contributed by atoms with Crippen LogP contribution in [0, 0.1) is 5.41 Å². The Morgan fingerprint density at radius 3 is 2.71 bits per heavy atom. The Morgan fingerprint density at radius 2 is 2.00 bits per heavy atom. The van der Waals surface area contributed by atoms with E-state index in [1.54, 1.807) is 23.2 Å². The van der Waals surface area contributed by atoms with Crippen molar-refractivity contribution in [2.24, 2.45) is 11.1 Å². The zero-order valence-electron chi connectivity index (χ0n) is 15.7. The molecule has 5 rings (SSSR count). The number of hydrogen-bond acceptors (Lipinski definition) is 5. The van der Waals surface area contributed by atoms with Gasteiger partial charge in [0.25, 0.3) is 11.8 Å². The minimum absolute atomic E-state index is 0.00346. The van der Waals surface area contributed by atoms with E-state index in [0.29, 0.717) is 12.1 Å². The van der Waals surface area contributed by atoms with Crippen molar-refractivity contribution < 1.29 is 19.1 Å². The quantitative estimate of drug-likeness (QED) is 0.795. The number of nitrogens with two attached hydrogens (primary N) is 1. The molecular weight excluding hydrogens is 360 g/mol. The molecule has 8 nitrogen and oxygen atoms in total. The van der Waals surface area contributed by atoms with Crippen LogP contribution in [0.25, 0.3) is 0 Å². The summed E-state index contributed by atoms with van der Waals surface area (Å²) in [5.74, 6) is -0.271. The van der Waals surface area contributed by atoms with Crippen LogP contribution in [-0.4, -0.2) is 57.4 Å². The van der Waals surface area contributed by atoms with E-state index in [-0.39, 0.29) is 41.4 Å². The second-order valence-electron chi connectivity index (χ2n) is 8.63. The highest BCUT2D eigenvalue weighted by Crippen LogP contribution is 2.58. The van der Waals surface area contributed by atoms with Gasteiger partial charge in [-0.2, -0.15) is 0 Å². The minimum Gasteiger partial charge on any atom is -0.474 e. The molecule has 4 fully saturated rings. The largest absolute Gasteiger partial charge is 0.474 e. The molecule has 4 amide bonds. The van der Waals surface area contributed by atoms with E-state index in [9.17, 15) is 14.4 Å². The molecule has 2 aliphatic carbocycles. The highest BCUT2D eigenvalue weighted by atomic mass is 16.5. The fourth-order valence-electron chi connectivity index (χ4n) is 5.42. The van der Waals surface area contributed by atoms with Crippen molar-refractivity contribution in [2.45, 2.75) is 63.1 Å². The summed E-state index contributed by atoms with van der Waals surface area (Å²) in [6, 6.07) is 2.96. The van der Waals surface area contributed by atoms with Crippen molar-refractivity contribution in [2.75, 3.05) is 6.54 Å². The van der Waals surface area contributed by atoms with Crippen molar-refractivity contribution in [3.63, 3.8) is 0 Å². The Balaban J connectivity index is 1.18. The maximum Gasteiger partial charge on any atom is 0.327 e. The highest BCUT2D eigenvalue weighted by Gasteiger charge is 2.59. The molecule has 2 saturated heterocycles. The molecule has 0 bridgehead atoms. The molecule has 1 aromatic heterocycles. The summed E-state index contributed by atoms with van der Waals surface area (Å²) in [5, 5.41) is 0. The molecule has 2 N–H and O–H groups in total. The van der Waals surface area contributed by atoms with Crippen LogP contribution in [0.1, 0.15) is 55.3 Å². The molecule has 2 saturated carbocycles. The lowest BCUT2D eigenvalue weighted by Gasteiger charge is -2.58. The number of nitrogens with zero attached hydrogens (tertiary/aromatic N) is 3. The number of aromatic nitrogens is 1. The lowest BCUT2D eigenvalue weighted by Crippen LogP contribution is -2.60. The van der Waals surface area contributed by atoms with Gasteiger partial charge in [-0.3, -0.25) is 14.5 Å². The third-order valence-electron chi connectivity index (χ3n) is 6.82. The summed E-state index contributed by atoms with van der Waals surface area (Å²) in [4.78, 5) is 44.3. The molecule has 0 radical (unpaired) electrons. The first-order valence-electron chi connectivity index (χ1n) is 10.0. The molecule has 1 aromatic rings. The number of carbonyl (C=O) groups is 3. The third-order valence-corrected chi connectivity index (χ3v) is 6.82. The van der Waals surface area contributed by atoms with Gasteiger partial charge in [0.2, 0.25) is 5.88 Å². The number of urea groups is 1. The van der Waals surface area contributed by atoms with E-state index >= 15 is 0 Å². The second kappa shape index (κ2) is 6.18. The van der Waals surface area contributed by atoms with Crippen molar-refractivity contribution in [1.29, 1.82) is 0 Å². The summed E-state index contributed by atoms with van der Waals surface area (Å²) in [6.07, 6.45) is 7.75. The SMILES string of the molecule is NC(=O)c1cccnc1O[C@H]1CC2(C1)C[C@H](N1C(=O)C3CCCCN3C1=O)C2. The fraction of sp³-hybridized carbons (Fsp3) is 0.600. The van der Waals surface area contributed by atoms with E-state index in [1.165, 1.54) is 4.90 Å². The molecule has 4 aliphatic rings. The zero-order valence-corrected chi connectivity index (χ0v) is 15.7. The van der Waals surface area contributed by atoms with Gasteiger partial charge in [-0.25, -0.2) is 9.78 Å². The molecular formula is C20H24N4O4. The lowest BCUT2D eigenvalue weighted by atomic mass is 9.52. The van der Waals surface area contributed by atoms with Crippen LogP contribution in [0.3, 0.4) is 0 Å². The lowest BCUT2D eigenvalue weighted by molar-refractivity contribution is -0.141.